The van der Waals surface area contributed by atoms with Crippen LogP contribution < -0.4 is 5.32 Å². The zero-order valence-corrected chi connectivity index (χ0v) is 16.5. The van der Waals surface area contributed by atoms with Gasteiger partial charge in [0.05, 0.1) is 22.8 Å². The molecule has 150 valence electrons. The van der Waals surface area contributed by atoms with Crippen LogP contribution in [0.15, 0.2) is 47.0 Å². The van der Waals surface area contributed by atoms with Crippen molar-refractivity contribution in [1.82, 2.24) is 5.16 Å². The number of halogens is 2. The van der Waals surface area contributed by atoms with E-state index in [0.717, 1.165) is 6.42 Å². The van der Waals surface area contributed by atoms with Crippen LogP contribution in [0.4, 0.5) is 10.1 Å². The Morgan fingerprint density at radius 3 is 2.59 bits per heavy atom. The summed E-state index contributed by atoms with van der Waals surface area (Å²) in [6.07, 6.45) is 0.728. The molecule has 0 saturated carbocycles. The summed E-state index contributed by atoms with van der Waals surface area (Å²) < 4.78 is 24.5. The molecule has 6 nitrogen and oxygen atoms in total. The summed E-state index contributed by atoms with van der Waals surface area (Å²) in [6, 6.07) is 10.4. The van der Waals surface area contributed by atoms with Gasteiger partial charge in [-0.1, -0.05) is 29.7 Å². The van der Waals surface area contributed by atoms with Gasteiger partial charge in [0.1, 0.15) is 22.8 Å². The van der Waals surface area contributed by atoms with E-state index in [-0.39, 0.29) is 27.6 Å². The van der Waals surface area contributed by atoms with E-state index in [1.165, 1.54) is 18.2 Å². The molecule has 0 spiro atoms. The van der Waals surface area contributed by atoms with Gasteiger partial charge in [-0.2, -0.15) is 0 Å². The second-order valence-electron chi connectivity index (χ2n) is 6.23. The number of esters is 1. The summed E-state index contributed by atoms with van der Waals surface area (Å²) in [5.41, 5.74) is 0.890. The zero-order chi connectivity index (χ0) is 21.0. The minimum Gasteiger partial charge on any atom is -0.462 e. The van der Waals surface area contributed by atoms with Crippen molar-refractivity contribution in [3.63, 3.8) is 0 Å². The van der Waals surface area contributed by atoms with E-state index in [9.17, 15) is 14.0 Å². The first-order valence-corrected chi connectivity index (χ1v) is 9.29. The van der Waals surface area contributed by atoms with Crippen molar-refractivity contribution in [1.29, 1.82) is 0 Å². The molecule has 0 saturated heterocycles. The normalized spacial score (nSPS) is 10.6. The lowest BCUT2D eigenvalue weighted by Crippen LogP contribution is -2.14. The highest BCUT2D eigenvalue weighted by Gasteiger charge is 2.25. The Hall–Kier alpha value is -3.19. The molecular weight excluding hydrogens is 399 g/mol. The third-order valence-electron chi connectivity index (χ3n) is 4.11. The van der Waals surface area contributed by atoms with E-state index in [1.54, 1.807) is 31.2 Å². The molecule has 0 fully saturated rings. The number of aryl methyl sites for hydroxylation is 1. The lowest BCUT2D eigenvalue weighted by molar-refractivity contribution is 0.0505. The third kappa shape index (κ3) is 4.46. The van der Waals surface area contributed by atoms with Gasteiger partial charge >= 0.3 is 5.97 Å². The summed E-state index contributed by atoms with van der Waals surface area (Å²) in [7, 11) is 0. The fourth-order valence-corrected chi connectivity index (χ4v) is 2.95. The predicted molar refractivity (Wildman–Crippen MR) is 107 cm³/mol. The summed E-state index contributed by atoms with van der Waals surface area (Å²) in [4.78, 5) is 24.7. The molecule has 0 radical (unpaired) electrons. The van der Waals surface area contributed by atoms with Crippen molar-refractivity contribution in [3.05, 3.63) is 70.2 Å². The van der Waals surface area contributed by atoms with E-state index < -0.39 is 17.7 Å². The summed E-state index contributed by atoms with van der Waals surface area (Å²) in [5.74, 6) is -1.37. The largest absolute Gasteiger partial charge is 0.462 e. The van der Waals surface area contributed by atoms with E-state index >= 15 is 0 Å². The molecular formula is C21H18ClFN2O4. The molecule has 1 aromatic heterocycles. The molecule has 1 heterocycles. The molecule has 2 aromatic carbocycles. The van der Waals surface area contributed by atoms with Crippen LogP contribution in [0.25, 0.3) is 11.3 Å². The van der Waals surface area contributed by atoms with Gasteiger partial charge < -0.3 is 14.6 Å². The molecule has 0 aliphatic rings. The number of hydrogen-bond acceptors (Lipinski definition) is 5. The zero-order valence-electron chi connectivity index (χ0n) is 15.8. The Balaban J connectivity index is 1.84. The summed E-state index contributed by atoms with van der Waals surface area (Å²) in [5, 5.41) is 6.61. The number of carbonyl (C=O) groups is 2. The minimum absolute atomic E-state index is 0.00909. The van der Waals surface area contributed by atoms with Crippen LogP contribution in [-0.2, 0) is 4.74 Å². The van der Waals surface area contributed by atoms with Crippen molar-refractivity contribution in [2.45, 2.75) is 20.3 Å². The topological polar surface area (TPSA) is 81.4 Å². The van der Waals surface area contributed by atoms with Crippen LogP contribution in [0.3, 0.4) is 0 Å². The number of rotatable bonds is 6. The molecule has 0 bridgehead atoms. The monoisotopic (exact) mass is 416 g/mol. The maximum Gasteiger partial charge on any atom is 0.338 e. The smallest absolute Gasteiger partial charge is 0.338 e. The van der Waals surface area contributed by atoms with Crippen molar-refractivity contribution in [2.75, 3.05) is 11.9 Å². The van der Waals surface area contributed by atoms with Crippen LogP contribution in [0.5, 0.6) is 0 Å². The Labute approximate surface area is 171 Å². The van der Waals surface area contributed by atoms with Gasteiger partial charge in [0.15, 0.2) is 0 Å². The lowest BCUT2D eigenvalue weighted by Gasteiger charge is -2.08. The van der Waals surface area contributed by atoms with E-state index in [1.807, 2.05) is 6.92 Å². The fraction of sp³-hybridized carbons (Fsp3) is 0.190. The maximum absolute atomic E-state index is 14.3. The number of carbonyl (C=O) groups excluding carboxylic acids is 2. The molecule has 1 amide bonds. The summed E-state index contributed by atoms with van der Waals surface area (Å²) >= 11 is 6.10. The number of amides is 1. The maximum atomic E-state index is 14.3. The Kier molecular flexibility index (Phi) is 6.29. The number of ether oxygens (including phenoxy) is 1. The fourth-order valence-electron chi connectivity index (χ4n) is 2.70. The van der Waals surface area contributed by atoms with Gasteiger partial charge in [-0.15, -0.1) is 0 Å². The minimum atomic E-state index is -0.616. The van der Waals surface area contributed by atoms with Crippen LogP contribution in [0.1, 0.15) is 39.8 Å². The first-order chi connectivity index (χ1) is 13.9. The predicted octanol–water partition coefficient (Wildman–Crippen LogP) is 5.26. The van der Waals surface area contributed by atoms with Gasteiger partial charge in [0, 0.05) is 5.69 Å². The van der Waals surface area contributed by atoms with Crippen molar-refractivity contribution in [3.8, 4) is 11.3 Å². The first kappa shape index (κ1) is 20.5. The first-order valence-electron chi connectivity index (χ1n) is 8.91. The molecule has 3 aromatic rings. The number of anilines is 1. The number of nitrogens with zero attached hydrogens (tertiary/aromatic N) is 1. The van der Waals surface area contributed by atoms with Crippen LogP contribution >= 0.6 is 11.6 Å². The Morgan fingerprint density at radius 1 is 1.21 bits per heavy atom. The molecule has 0 aliphatic heterocycles. The van der Waals surface area contributed by atoms with Crippen molar-refractivity contribution >= 4 is 29.2 Å². The van der Waals surface area contributed by atoms with E-state index in [4.69, 9.17) is 20.9 Å². The molecule has 0 atom stereocenters. The molecule has 3 rings (SSSR count). The van der Waals surface area contributed by atoms with Gasteiger partial charge in [-0.05, 0) is 49.7 Å². The molecule has 8 heteroatoms. The van der Waals surface area contributed by atoms with Crippen LogP contribution in [-0.4, -0.2) is 23.6 Å². The van der Waals surface area contributed by atoms with Gasteiger partial charge in [0.25, 0.3) is 5.91 Å². The molecule has 29 heavy (non-hydrogen) atoms. The lowest BCUT2D eigenvalue weighted by atomic mass is 10.0. The highest BCUT2D eigenvalue weighted by Crippen LogP contribution is 2.33. The van der Waals surface area contributed by atoms with Crippen LogP contribution in [0, 0.1) is 12.7 Å². The standard InChI is InChI=1S/C21H18ClFN2O4/c1-3-11-28-21(27)13-7-9-14(10-8-13)24-20(26)17-12(2)29-25-19(17)18-15(22)5-4-6-16(18)23/h4-10H,3,11H2,1-2H3,(H,24,26). The quantitative estimate of drug-likeness (QED) is 0.554. The number of nitrogens with one attached hydrogen (secondary N) is 1. The second-order valence-corrected chi connectivity index (χ2v) is 6.63. The summed E-state index contributed by atoms with van der Waals surface area (Å²) in [6.45, 7) is 3.79. The SMILES string of the molecule is CCCOC(=O)c1ccc(NC(=O)c2c(-c3c(F)cccc3Cl)noc2C)cc1. The molecule has 0 aliphatic carbocycles. The molecule has 1 N–H and O–H groups in total. The Morgan fingerprint density at radius 2 is 1.93 bits per heavy atom. The third-order valence-corrected chi connectivity index (χ3v) is 4.42. The highest BCUT2D eigenvalue weighted by atomic mass is 35.5. The van der Waals surface area contributed by atoms with Gasteiger partial charge in [0.2, 0.25) is 0 Å². The average molecular weight is 417 g/mol. The average Bonchev–Trinajstić information content (AvgIpc) is 3.07. The van der Waals surface area contributed by atoms with E-state index in [0.29, 0.717) is 17.9 Å². The number of aromatic nitrogens is 1. The highest BCUT2D eigenvalue weighted by molar-refractivity contribution is 6.33. The number of hydrogen-bond donors (Lipinski definition) is 1. The van der Waals surface area contributed by atoms with Gasteiger partial charge in [-0.25, -0.2) is 9.18 Å². The van der Waals surface area contributed by atoms with Crippen molar-refractivity contribution < 1.29 is 23.2 Å². The Bertz CT molecular complexity index is 1030. The second kappa shape index (κ2) is 8.87. The number of benzene rings is 2. The van der Waals surface area contributed by atoms with Crippen molar-refractivity contribution in [2.24, 2.45) is 0 Å². The van der Waals surface area contributed by atoms with Crippen LogP contribution in [0.2, 0.25) is 5.02 Å². The van der Waals surface area contributed by atoms with Gasteiger partial charge in [-0.3, -0.25) is 4.79 Å². The molecule has 0 unspecified atom stereocenters. The van der Waals surface area contributed by atoms with E-state index in [2.05, 4.69) is 10.5 Å².